The molecule has 2 aromatic rings. The van der Waals surface area contributed by atoms with E-state index in [-0.39, 0.29) is 17.1 Å². The number of benzene rings is 2. The van der Waals surface area contributed by atoms with Crippen LogP contribution in [0.2, 0.25) is 0 Å². The van der Waals surface area contributed by atoms with Gasteiger partial charge in [-0.15, -0.1) is 8.78 Å². The Balaban J connectivity index is 1.56. The molecule has 2 heterocycles. The van der Waals surface area contributed by atoms with Crippen molar-refractivity contribution in [2.45, 2.75) is 74.4 Å². The van der Waals surface area contributed by atoms with Crippen LogP contribution in [0.3, 0.4) is 0 Å². The Kier molecular flexibility index (Phi) is 8.05. The highest BCUT2D eigenvalue weighted by Gasteiger charge is 2.45. The highest BCUT2D eigenvalue weighted by atomic mass is 127. The predicted molar refractivity (Wildman–Crippen MR) is 144 cm³/mol. The van der Waals surface area contributed by atoms with Crippen LogP contribution in [-0.4, -0.2) is 30.2 Å². The van der Waals surface area contributed by atoms with Crippen molar-refractivity contribution in [2.24, 2.45) is 5.92 Å². The molecule has 13 heteroatoms. The third-order valence-corrected chi connectivity index (χ3v) is 8.51. The topological polar surface area (TPSA) is 42.0 Å². The van der Waals surface area contributed by atoms with Crippen LogP contribution in [0.5, 0.6) is 11.5 Å². The fourth-order valence-electron chi connectivity index (χ4n) is 6.06. The SMILES string of the molecule is CC(=O)N(Cc1cc(C(F)(F)F)cc(C(F)(F)I)c1)C1CCCN(CC2CCCC2)c2cc3c(cc21)OC(F)(F)O3. The largest absolute Gasteiger partial charge is 0.586 e. The van der Waals surface area contributed by atoms with Crippen molar-refractivity contribution in [3.8, 4) is 11.5 Å². The van der Waals surface area contributed by atoms with Gasteiger partial charge in [0.2, 0.25) is 5.91 Å². The monoisotopic (exact) mass is 700 g/mol. The van der Waals surface area contributed by atoms with E-state index in [9.17, 15) is 35.5 Å². The van der Waals surface area contributed by atoms with Gasteiger partial charge in [-0.1, -0.05) is 12.8 Å². The van der Waals surface area contributed by atoms with Crippen molar-refractivity contribution in [3.05, 3.63) is 52.6 Å². The summed E-state index contributed by atoms with van der Waals surface area (Å²) in [5.41, 5.74) is -1.14. The van der Waals surface area contributed by atoms with Crippen LogP contribution in [0.1, 0.15) is 73.7 Å². The third kappa shape index (κ3) is 6.64. The molecule has 5 rings (SSSR count). The minimum Gasteiger partial charge on any atom is -0.395 e. The molecule has 1 unspecified atom stereocenters. The van der Waals surface area contributed by atoms with Gasteiger partial charge in [0, 0.05) is 72.0 Å². The Bertz CT molecular complexity index is 1280. The van der Waals surface area contributed by atoms with Gasteiger partial charge in [0.1, 0.15) is 0 Å². The second-order valence-corrected chi connectivity index (χ2v) is 12.2. The lowest BCUT2D eigenvalue weighted by atomic mass is 9.97. The smallest absolute Gasteiger partial charge is 0.395 e. The van der Waals surface area contributed by atoms with E-state index in [2.05, 4.69) is 4.90 Å². The fourth-order valence-corrected chi connectivity index (χ4v) is 6.37. The van der Waals surface area contributed by atoms with Crippen LogP contribution >= 0.6 is 22.6 Å². The van der Waals surface area contributed by atoms with Gasteiger partial charge < -0.3 is 19.3 Å². The lowest BCUT2D eigenvalue weighted by Crippen LogP contribution is -2.33. The number of hydrogen-bond acceptors (Lipinski definition) is 4. The van der Waals surface area contributed by atoms with Gasteiger partial charge in [-0.25, -0.2) is 0 Å². The van der Waals surface area contributed by atoms with Crippen molar-refractivity contribution < 1.29 is 45.0 Å². The van der Waals surface area contributed by atoms with Crippen LogP contribution in [0.25, 0.3) is 0 Å². The zero-order chi connectivity index (χ0) is 29.7. The number of nitrogens with zero attached hydrogens (tertiary/aromatic N) is 2. The molecule has 224 valence electrons. The van der Waals surface area contributed by atoms with Crippen molar-refractivity contribution >= 4 is 34.2 Å². The summed E-state index contributed by atoms with van der Waals surface area (Å²) in [7, 11) is 0. The third-order valence-electron chi connectivity index (χ3n) is 7.89. The summed E-state index contributed by atoms with van der Waals surface area (Å²) >= 11 is 0.768. The number of halogens is 8. The predicted octanol–water partition coefficient (Wildman–Crippen LogP) is 8.39. The number of carbonyl (C=O) groups excluding carboxylic acids is 1. The molecule has 0 spiro atoms. The number of rotatable bonds is 6. The molecule has 41 heavy (non-hydrogen) atoms. The maximum absolute atomic E-state index is 14.2. The molecule has 0 radical (unpaired) electrons. The van der Waals surface area contributed by atoms with Crippen LogP contribution in [-0.2, 0) is 21.4 Å². The van der Waals surface area contributed by atoms with Gasteiger partial charge in [-0.05, 0) is 61.4 Å². The van der Waals surface area contributed by atoms with E-state index in [0.717, 1.165) is 60.4 Å². The summed E-state index contributed by atoms with van der Waals surface area (Å²) in [6.45, 7) is 2.09. The molecule has 1 saturated carbocycles. The van der Waals surface area contributed by atoms with E-state index in [0.29, 0.717) is 49.2 Å². The first kappa shape index (κ1) is 30.0. The minimum absolute atomic E-state index is 0.123. The summed E-state index contributed by atoms with van der Waals surface area (Å²) in [5.74, 6) is -0.454. The Morgan fingerprint density at radius 3 is 2.22 bits per heavy atom. The number of amides is 1. The standard InChI is InChI=1S/C28H28F7IN2O3/c1-16(39)38(15-18-9-19(26(29,30)31)11-20(10-18)27(32,33)36)22-7-4-8-37(14-17-5-2-3-6-17)23-13-25-24(12-21(22)23)40-28(34,35)41-25/h9-13,17,22H,2-8,14-15H2,1H3. The van der Waals surface area contributed by atoms with Gasteiger partial charge in [0.25, 0.3) is 0 Å². The molecular formula is C28H28F7IN2O3. The van der Waals surface area contributed by atoms with Gasteiger partial charge in [-0.2, -0.15) is 22.0 Å². The Morgan fingerprint density at radius 2 is 1.61 bits per heavy atom. The molecule has 3 aliphatic rings. The second kappa shape index (κ2) is 11.0. The van der Waals surface area contributed by atoms with E-state index in [1.165, 1.54) is 24.0 Å². The molecule has 1 fully saturated rings. The maximum atomic E-state index is 14.2. The molecule has 2 aromatic carbocycles. The lowest BCUT2D eigenvalue weighted by Gasteiger charge is -2.33. The molecule has 0 N–H and O–H groups in total. The maximum Gasteiger partial charge on any atom is 0.586 e. The van der Waals surface area contributed by atoms with E-state index in [1.807, 2.05) is 0 Å². The first-order valence-electron chi connectivity index (χ1n) is 13.3. The number of carbonyl (C=O) groups is 1. The van der Waals surface area contributed by atoms with Crippen LogP contribution in [0.15, 0.2) is 30.3 Å². The van der Waals surface area contributed by atoms with Gasteiger partial charge in [0.15, 0.2) is 11.5 Å². The Morgan fingerprint density at radius 1 is 0.976 bits per heavy atom. The van der Waals surface area contributed by atoms with Crippen molar-refractivity contribution in [1.29, 1.82) is 0 Å². The normalized spacial score (nSPS) is 20.6. The van der Waals surface area contributed by atoms with Crippen molar-refractivity contribution in [1.82, 2.24) is 4.90 Å². The number of fused-ring (bicyclic) bond motifs is 2. The van der Waals surface area contributed by atoms with E-state index in [1.54, 1.807) is 0 Å². The molecule has 1 amide bonds. The second-order valence-electron chi connectivity index (χ2n) is 10.8. The first-order valence-corrected chi connectivity index (χ1v) is 14.4. The molecule has 0 bridgehead atoms. The molecule has 1 atom stereocenters. The van der Waals surface area contributed by atoms with Gasteiger partial charge in [-0.3, -0.25) is 4.79 Å². The zero-order valence-electron chi connectivity index (χ0n) is 22.0. The first-order chi connectivity index (χ1) is 19.1. The lowest BCUT2D eigenvalue weighted by molar-refractivity contribution is -0.286. The Labute approximate surface area is 246 Å². The number of hydrogen-bond donors (Lipinski definition) is 0. The number of anilines is 1. The molecule has 0 aromatic heterocycles. The van der Waals surface area contributed by atoms with Crippen LogP contribution in [0.4, 0.5) is 36.4 Å². The summed E-state index contributed by atoms with van der Waals surface area (Å²) in [6.07, 6.45) is -3.49. The molecule has 0 saturated heterocycles. The quantitative estimate of drug-likeness (QED) is 0.173. The minimum atomic E-state index is -4.88. The highest BCUT2D eigenvalue weighted by Crippen LogP contribution is 2.49. The average Bonchev–Trinajstić information content (AvgIpc) is 3.43. The number of ether oxygens (including phenoxy) is 2. The highest BCUT2D eigenvalue weighted by molar-refractivity contribution is 14.1. The molecule has 2 aliphatic heterocycles. The van der Waals surface area contributed by atoms with Gasteiger partial charge in [0.05, 0.1) is 11.6 Å². The van der Waals surface area contributed by atoms with Crippen LogP contribution < -0.4 is 14.4 Å². The van der Waals surface area contributed by atoms with E-state index in [4.69, 9.17) is 9.47 Å². The summed E-state index contributed by atoms with van der Waals surface area (Å²) in [4.78, 5) is 16.4. The van der Waals surface area contributed by atoms with E-state index >= 15 is 0 Å². The fraction of sp³-hybridized carbons (Fsp3) is 0.536. The molecular weight excluding hydrogens is 672 g/mol. The summed E-state index contributed by atoms with van der Waals surface area (Å²) < 4.78 is 103. The Hall–Kier alpha value is -2.45. The van der Waals surface area contributed by atoms with Gasteiger partial charge >= 0.3 is 16.4 Å². The zero-order valence-corrected chi connectivity index (χ0v) is 24.2. The van der Waals surface area contributed by atoms with Crippen molar-refractivity contribution in [3.63, 3.8) is 0 Å². The molecule has 5 nitrogen and oxygen atoms in total. The van der Waals surface area contributed by atoms with E-state index < -0.39 is 46.0 Å². The summed E-state index contributed by atoms with van der Waals surface area (Å²) in [5, 5.41) is 0. The average molecular weight is 700 g/mol. The number of alkyl halides is 8. The van der Waals surface area contributed by atoms with Crippen molar-refractivity contribution in [2.75, 3.05) is 18.0 Å². The summed E-state index contributed by atoms with van der Waals surface area (Å²) in [6, 6.07) is 4.24. The molecule has 1 aliphatic carbocycles. The van der Waals surface area contributed by atoms with Crippen LogP contribution in [0, 0.1) is 5.92 Å².